The van der Waals surface area contributed by atoms with Crippen molar-refractivity contribution in [3.63, 3.8) is 0 Å². The summed E-state index contributed by atoms with van der Waals surface area (Å²) in [6, 6.07) is 4.07. The van der Waals surface area contributed by atoms with Gasteiger partial charge in [-0.2, -0.15) is 0 Å². The molecule has 118 valence electrons. The number of carbonyl (C=O) groups is 1. The van der Waals surface area contributed by atoms with Gasteiger partial charge in [-0.3, -0.25) is 4.79 Å². The van der Waals surface area contributed by atoms with E-state index in [1.165, 1.54) is 11.3 Å². The van der Waals surface area contributed by atoms with Crippen LogP contribution in [0.15, 0.2) is 12.1 Å². The van der Waals surface area contributed by atoms with Crippen LogP contribution < -0.4 is 5.73 Å². The molecule has 0 spiro atoms. The third-order valence-electron chi connectivity index (χ3n) is 5.20. The zero-order valence-corrected chi connectivity index (χ0v) is 14.8. The number of carbonyl (C=O) groups excluding carboxylic acids is 1. The van der Waals surface area contributed by atoms with Gasteiger partial charge >= 0.3 is 0 Å². The first kappa shape index (κ1) is 16.8. The molecule has 1 aromatic rings. The van der Waals surface area contributed by atoms with Gasteiger partial charge in [0, 0.05) is 23.9 Å². The Kier molecular flexibility index (Phi) is 5.01. The van der Waals surface area contributed by atoms with Crippen molar-refractivity contribution in [1.82, 2.24) is 4.90 Å². The van der Waals surface area contributed by atoms with Gasteiger partial charge in [-0.15, -0.1) is 11.3 Å². The highest BCUT2D eigenvalue weighted by Gasteiger charge is 2.45. The van der Waals surface area contributed by atoms with Gasteiger partial charge in [0.25, 0.3) is 0 Å². The Balaban J connectivity index is 2.08. The van der Waals surface area contributed by atoms with E-state index < -0.39 is 0 Å². The van der Waals surface area contributed by atoms with Crippen molar-refractivity contribution >= 4 is 28.8 Å². The molecular weight excluding hydrogens is 304 g/mol. The quantitative estimate of drug-likeness (QED) is 0.918. The fraction of sp³-hybridized carbons (Fsp3) is 0.688. The molecule has 3 nitrogen and oxygen atoms in total. The van der Waals surface area contributed by atoms with E-state index in [9.17, 15) is 4.79 Å². The minimum Gasteiger partial charge on any atom is -0.340 e. The van der Waals surface area contributed by atoms with Crippen molar-refractivity contribution in [3.05, 3.63) is 21.3 Å². The molecule has 0 aromatic carbocycles. The summed E-state index contributed by atoms with van der Waals surface area (Å²) in [4.78, 5) is 15.8. The standard InChI is InChI=1S/C16H25ClN2OS/c1-10-13(18)7-6-12(16(10,2)3)15(20)19(4)9-11-5-8-14(17)21-11/h5,8,10,12-13H,6-7,9,18H2,1-4H3. The number of hydrogen-bond acceptors (Lipinski definition) is 3. The van der Waals surface area contributed by atoms with Crippen LogP contribution in [-0.4, -0.2) is 23.9 Å². The molecular formula is C16H25ClN2OS. The number of thiophene rings is 1. The first-order valence-corrected chi connectivity index (χ1v) is 8.67. The van der Waals surface area contributed by atoms with Crippen molar-refractivity contribution in [2.75, 3.05) is 7.05 Å². The Hall–Kier alpha value is -0.580. The van der Waals surface area contributed by atoms with Crippen LogP contribution in [0, 0.1) is 17.3 Å². The number of amides is 1. The van der Waals surface area contributed by atoms with Crippen LogP contribution in [0.25, 0.3) is 0 Å². The lowest BCUT2D eigenvalue weighted by Crippen LogP contribution is -2.51. The summed E-state index contributed by atoms with van der Waals surface area (Å²) in [6.45, 7) is 7.15. The summed E-state index contributed by atoms with van der Waals surface area (Å²) in [6.07, 6.45) is 1.81. The Bertz CT molecular complexity index is 514. The van der Waals surface area contributed by atoms with Gasteiger partial charge in [0.05, 0.1) is 10.9 Å². The predicted molar refractivity (Wildman–Crippen MR) is 89.4 cm³/mol. The summed E-state index contributed by atoms with van der Waals surface area (Å²) in [7, 11) is 1.88. The minimum atomic E-state index is -0.0594. The van der Waals surface area contributed by atoms with Gasteiger partial charge in [-0.05, 0) is 36.3 Å². The van der Waals surface area contributed by atoms with E-state index in [1.54, 1.807) is 0 Å². The van der Waals surface area contributed by atoms with E-state index in [0.717, 1.165) is 22.1 Å². The molecule has 1 saturated carbocycles. The van der Waals surface area contributed by atoms with Crippen LogP contribution in [0.4, 0.5) is 0 Å². The monoisotopic (exact) mass is 328 g/mol. The molecule has 5 heteroatoms. The zero-order valence-electron chi connectivity index (χ0n) is 13.2. The Labute approximate surface area is 136 Å². The lowest BCUT2D eigenvalue weighted by molar-refractivity contribution is -0.142. The normalized spacial score (nSPS) is 28.4. The second kappa shape index (κ2) is 6.27. The molecule has 1 amide bonds. The summed E-state index contributed by atoms with van der Waals surface area (Å²) >= 11 is 7.49. The summed E-state index contributed by atoms with van der Waals surface area (Å²) in [5.41, 5.74) is 6.12. The highest BCUT2D eigenvalue weighted by molar-refractivity contribution is 7.16. The van der Waals surface area contributed by atoms with Gasteiger partial charge in [-0.1, -0.05) is 32.4 Å². The molecule has 3 atom stereocenters. The number of rotatable bonds is 3. The minimum absolute atomic E-state index is 0.0488. The lowest BCUT2D eigenvalue weighted by atomic mass is 9.61. The van der Waals surface area contributed by atoms with Crippen LogP contribution in [0.1, 0.15) is 38.5 Å². The average Bonchev–Trinajstić information content (AvgIpc) is 2.81. The van der Waals surface area contributed by atoms with Gasteiger partial charge in [0.1, 0.15) is 0 Å². The molecule has 21 heavy (non-hydrogen) atoms. The topological polar surface area (TPSA) is 46.3 Å². The van der Waals surface area contributed by atoms with Gasteiger partial charge in [-0.25, -0.2) is 0 Å². The number of hydrogen-bond donors (Lipinski definition) is 1. The molecule has 1 aromatic heterocycles. The Morgan fingerprint density at radius 3 is 2.71 bits per heavy atom. The Morgan fingerprint density at radius 1 is 1.48 bits per heavy atom. The van der Waals surface area contributed by atoms with Crippen molar-refractivity contribution in [1.29, 1.82) is 0 Å². The van der Waals surface area contributed by atoms with E-state index in [1.807, 2.05) is 24.1 Å². The van der Waals surface area contributed by atoms with Crippen LogP contribution in [-0.2, 0) is 11.3 Å². The highest BCUT2D eigenvalue weighted by Crippen LogP contribution is 2.45. The molecule has 1 aliphatic rings. The van der Waals surface area contributed by atoms with Crippen molar-refractivity contribution in [2.24, 2.45) is 23.0 Å². The second-order valence-electron chi connectivity index (χ2n) is 6.80. The smallest absolute Gasteiger partial charge is 0.226 e. The largest absolute Gasteiger partial charge is 0.340 e. The average molecular weight is 329 g/mol. The second-order valence-corrected chi connectivity index (χ2v) is 8.60. The summed E-state index contributed by atoms with van der Waals surface area (Å²) in [5, 5.41) is 0. The third-order valence-corrected chi connectivity index (χ3v) is 6.41. The third kappa shape index (κ3) is 3.43. The number of nitrogens with two attached hydrogens (primary N) is 1. The first-order chi connectivity index (χ1) is 9.73. The number of halogens is 1. The lowest BCUT2D eigenvalue weighted by Gasteiger charge is -2.47. The van der Waals surface area contributed by atoms with Gasteiger partial charge in [0.2, 0.25) is 5.91 Å². The van der Waals surface area contributed by atoms with Crippen molar-refractivity contribution in [3.8, 4) is 0 Å². The molecule has 3 unspecified atom stereocenters. The molecule has 1 fully saturated rings. The molecule has 0 aliphatic heterocycles. The van der Waals surface area contributed by atoms with Crippen molar-refractivity contribution in [2.45, 2.75) is 46.2 Å². The number of nitrogens with zero attached hydrogens (tertiary/aromatic N) is 1. The highest BCUT2D eigenvalue weighted by atomic mass is 35.5. The van der Waals surface area contributed by atoms with Crippen LogP contribution in [0.2, 0.25) is 4.34 Å². The SMILES string of the molecule is CC1C(N)CCC(C(=O)N(C)Cc2ccc(Cl)s2)C1(C)C. The molecule has 0 saturated heterocycles. The maximum Gasteiger partial charge on any atom is 0.226 e. The molecule has 2 N–H and O–H groups in total. The molecule has 0 bridgehead atoms. The maximum atomic E-state index is 12.8. The summed E-state index contributed by atoms with van der Waals surface area (Å²) in [5.74, 6) is 0.626. The van der Waals surface area contributed by atoms with Gasteiger partial charge < -0.3 is 10.6 Å². The van der Waals surface area contributed by atoms with Crippen molar-refractivity contribution < 1.29 is 4.79 Å². The zero-order chi connectivity index (χ0) is 15.8. The van der Waals surface area contributed by atoms with E-state index in [0.29, 0.717) is 12.5 Å². The molecule has 1 heterocycles. The van der Waals surface area contributed by atoms with Crippen LogP contribution in [0.5, 0.6) is 0 Å². The fourth-order valence-electron chi connectivity index (χ4n) is 3.31. The fourth-order valence-corrected chi connectivity index (χ4v) is 4.45. The first-order valence-electron chi connectivity index (χ1n) is 7.48. The Morgan fingerprint density at radius 2 is 2.14 bits per heavy atom. The van der Waals surface area contributed by atoms with E-state index in [2.05, 4.69) is 20.8 Å². The predicted octanol–water partition coefficient (Wildman–Crippen LogP) is 3.76. The molecule has 0 radical (unpaired) electrons. The van der Waals surface area contributed by atoms with E-state index >= 15 is 0 Å². The molecule has 1 aliphatic carbocycles. The molecule has 2 rings (SSSR count). The van der Waals surface area contributed by atoms with E-state index in [4.69, 9.17) is 17.3 Å². The van der Waals surface area contributed by atoms with E-state index in [-0.39, 0.29) is 23.3 Å². The van der Waals surface area contributed by atoms with Gasteiger partial charge in [0.15, 0.2) is 0 Å². The van der Waals surface area contributed by atoms with Crippen LogP contribution >= 0.6 is 22.9 Å². The maximum absolute atomic E-state index is 12.8. The van der Waals surface area contributed by atoms with Crippen LogP contribution in [0.3, 0.4) is 0 Å². The summed E-state index contributed by atoms with van der Waals surface area (Å²) < 4.78 is 0.767.